The summed E-state index contributed by atoms with van der Waals surface area (Å²) in [5.74, 6) is 0. The first-order valence-electron chi connectivity index (χ1n) is 5.63. The average molecular weight is 213 g/mol. The van der Waals surface area contributed by atoms with E-state index in [1.807, 2.05) is 16.9 Å². The summed E-state index contributed by atoms with van der Waals surface area (Å²) < 4.78 is 1.86. The second kappa shape index (κ2) is 3.46. The molecule has 1 heterocycles. The predicted octanol–water partition coefficient (Wildman–Crippen LogP) is 1.91. The van der Waals surface area contributed by atoms with E-state index in [1.165, 1.54) is 5.56 Å². The normalized spacial score (nSPS) is 17.3. The second-order valence-electron chi connectivity index (χ2n) is 4.66. The Labute approximate surface area is 94.9 Å². The third-order valence-corrected chi connectivity index (χ3v) is 3.15. The molecule has 3 heteroatoms. The van der Waals surface area contributed by atoms with Gasteiger partial charge in [0.25, 0.3) is 0 Å². The van der Waals surface area contributed by atoms with Crippen molar-refractivity contribution >= 4 is 0 Å². The first kappa shape index (κ1) is 9.60. The summed E-state index contributed by atoms with van der Waals surface area (Å²) in [6, 6.07) is 10.4. The zero-order valence-corrected chi connectivity index (χ0v) is 9.13. The number of nitrogens with two attached hydrogens (primary N) is 1. The van der Waals surface area contributed by atoms with Gasteiger partial charge in [0.15, 0.2) is 0 Å². The molecule has 1 saturated carbocycles. The lowest BCUT2D eigenvalue weighted by atomic mass is 10.0. The van der Waals surface area contributed by atoms with Gasteiger partial charge in [0.05, 0.1) is 5.69 Å². The van der Waals surface area contributed by atoms with Gasteiger partial charge in [-0.15, -0.1) is 0 Å². The maximum absolute atomic E-state index is 6.09. The standard InChI is InChI=1S/C13H15N3/c14-13(6-7-13)10-11-2-4-12(5-3-11)16-9-1-8-15-16/h1-5,8-9H,6-7,10,14H2. The SMILES string of the molecule is NC1(Cc2ccc(-n3cccn3)cc2)CC1. The van der Waals surface area contributed by atoms with Crippen molar-refractivity contribution in [3.05, 3.63) is 48.3 Å². The van der Waals surface area contributed by atoms with Gasteiger partial charge in [-0.2, -0.15) is 5.10 Å². The van der Waals surface area contributed by atoms with Crippen LogP contribution in [0.15, 0.2) is 42.7 Å². The van der Waals surface area contributed by atoms with Crippen LogP contribution in [0, 0.1) is 0 Å². The van der Waals surface area contributed by atoms with Crippen LogP contribution < -0.4 is 5.73 Å². The maximum Gasteiger partial charge on any atom is 0.0645 e. The molecule has 1 aliphatic rings. The van der Waals surface area contributed by atoms with E-state index in [1.54, 1.807) is 6.20 Å². The Kier molecular flexibility index (Phi) is 2.07. The van der Waals surface area contributed by atoms with Crippen LogP contribution in [0.2, 0.25) is 0 Å². The zero-order valence-electron chi connectivity index (χ0n) is 9.13. The molecule has 2 aromatic rings. The Bertz CT molecular complexity index is 466. The molecule has 3 rings (SSSR count). The molecule has 16 heavy (non-hydrogen) atoms. The van der Waals surface area contributed by atoms with Gasteiger partial charge in [-0.25, -0.2) is 4.68 Å². The minimum Gasteiger partial charge on any atom is -0.325 e. The molecule has 3 nitrogen and oxygen atoms in total. The molecule has 2 N–H and O–H groups in total. The van der Waals surface area contributed by atoms with Crippen molar-refractivity contribution in [3.8, 4) is 5.69 Å². The molecule has 0 spiro atoms. The van der Waals surface area contributed by atoms with Crippen molar-refractivity contribution in [2.75, 3.05) is 0 Å². The lowest BCUT2D eigenvalue weighted by Gasteiger charge is -2.09. The number of rotatable bonds is 3. The molecule has 0 radical (unpaired) electrons. The summed E-state index contributed by atoms with van der Waals surface area (Å²) in [5.41, 5.74) is 8.59. The van der Waals surface area contributed by atoms with Gasteiger partial charge in [-0.1, -0.05) is 12.1 Å². The van der Waals surface area contributed by atoms with E-state index in [0.717, 1.165) is 24.9 Å². The number of hydrogen-bond acceptors (Lipinski definition) is 2. The molecule has 82 valence electrons. The number of hydrogen-bond donors (Lipinski definition) is 1. The molecule has 0 saturated heterocycles. The monoisotopic (exact) mass is 213 g/mol. The van der Waals surface area contributed by atoms with E-state index >= 15 is 0 Å². The largest absolute Gasteiger partial charge is 0.325 e. The van der Waals surface area contributed by atoms with Gasteiger partial charge >= 0.3 is 0 Å². The molecular weight excluding hydrogens is 198 g/mol. The van der Waals surface area contributed by atoms with Crippen molar-refractivity contribution in [1.29, 1.82) is 0 Å². The minimum absolute atomic E-state index is 0.0905. The van der Waals surface area contributed by atoms with E-state index in [2.05, 4.69) is 29.4 Å². The van der Waals surface area contributed by atoms with Crippen LogP contribution >= 0.6 is 0 Å². The van der Waals surface area contributed by atoms with Crippen LogP contribution in [-0.4, -0.2) is 15.3 Å². The van der Waals surface area contributed by atoms with Crippen LogP contribution in [0.4, 0.5) is 0 Å². The number of aromatic nitrogens is 2. The maximum atomic E-state index is 6.09. The van der Waals surface area contributed by atoms with E-state index in [0.29, 0.717) is 0 Å². The van der Waals surface area contributed by atoms with E-state index < -0.39 is 0 Å². The Morgan fingerprint density at radius 2 is 2.00 bits per heavy atom. The molecular formula is C13H15N3. The van der Waals surface area contributed by atoms with Gasteiger partial charge in [-0.3, -0.25) is 0 Å². The summed E-state index contributed by atoms with van der Waals surface area (Å²) >= 11 is 0. The smallest absolute Gasteiger partial charge is 0.0645 e. The Morgan fingerprint density at radius 3 is 2.56 bits per heavy atom. The summed E-state index contributed by atoms with van der Waals surface area (Å²) in [4.78, 5) is 0. The summed E-state index contributed by atoms with van der Waals surface area (Å²) in [6.45, 7) is 0. The third-order valence-electron chi connectivity index (χ3n) is 3.15. The average Bonchev–Trinajstić information content (AvgIpc) is 2.83. The first-order valence-corrected chi connectivity index (χ1v) is 5.63. The number of benzene rings is 1. The van der Waals surface area contributed by atoms with Crippen molar-refractivity contribution in [2.45, 2.75) is 24.8 Å². The highest BCUT2D eigenvalue weighted by Gasteiger charge is 2.37. The fourth-order valence-corrected chi connectivity index (χ4v) is 1.93. The molecule has 1 aliphatic carbocycles. The fraction of sp³-hybridized carbons (Fsp3) is 0.308. The van der Waals surface area contributed by atoms with E-state index in [4.69, 9.17) is 5.73 Å². The zero-order chi connectivity index (χ0) is 11.0. The van der Waals surface area contributed by atoms with Crippen LogP contribution in [0.1, 0.15) is 18.4 Å². The topological polar surface area (TPSA) is 43.8 Å². The lowest BCUT2D eigenvalue weighted by Crippen LogP contribution is -2.24. The quantitative estimate of drug-likeness (QED) is 0.846. The van der Waals surface area contributed by atoms with Gasteiger partial charge in [-0.05, 0) is 43.0 Å². The Hall–Kier alpha value is -1.61. The summed E-state index contributed by atoms with van der Waals surface area (Å²) in [6.07, 6.45) is 7.04. The lowest BCUT2D eigenvalue weighted by molar-refractivity contribution is 0.672. The molecule has 1 fully saturated rings. The van der Waals surface area contributed by atoms with Crippen molar-refractivity contribution < 1.29 is 0 Å². The van der Waals surface area contributed by atoms with Gasteiger partial charge < -0.3 is 5.73 Å². The highest BCUT2D eigenvalue weighted by atomic mass is 15.3. The highest BCUT2D eigenvalue weighted by Crippen LogP contribution is 2.35. The molecule has 1 aromatic heterocycles. The number of nitrogens with zero attached hydrogens (tertiary/aromatic N) is 2. The van der Waals surface area contributed by atoms with Gasteiger partial charge in [0, 0.05) is 17.9 Å². The third kappa shape index (κ3) is 1.86. The first-order chi connectivity index (χ1) is 7.75. The van der Waals surface area contributed by atoms with E-state index in [-0.39, 0.29) is 5.54 Å². The van der Waals surface area contributed by atoms with Gasteiger partial charge in [0.1, 0.15) is 0 Å². The van der Waals surface area contributed by atoms with Crippen LogP contribution in [0.3, 0.4) is 0 Å². The molecule has 1 aromatic carbocycles. The van der Waals surface area contributed by atoms with Crippen molar-refractivity contribution in [2.24, 2.45) is 5.73 Å². The highest BCUT2D eigenvalue weighted by molar-refractivity contribution is 5.34. The molecule has 0 unspecified atom stereocenters. The molecule has 0 atom stereocenters. The van der Waals surface area contributed by atoms with E-state index in [9.17, 15) is 0 Å². The molecule has 0 bridgehead atoms. The Morgan fingerprint density at radius 1 is 1.25 bits per heavy atom. The fourth-order valence-electron chi connectivity index (χ4n) is 1.93. The van der Waals surface area contributed by atoms with Crippen molar-refractivity contribution in [3.63, 3.8) is 0 Å². The predicted molar refractivity (Wildman–Crippen MR) is 63.4 cm³/mol. The summed E-state index contributed by atoms with van der Waals surface area (Å²) in [7, 11) is 0. The van der Waals surface area contributed by atoms with Crippen LogP contribution in [-0.2, 0) is 6.42 Å². The second-order valence-corrected chi connectivity index (χ2v) is 4.66. The van der Waals surface area contributed by atoms with Gasteiger partial charge in [0.2, 0.25) is 0 Å². The van der Waals surface area contributed by atoms with Crippen LogP contribution in [0.25, 0.3) is 5.69 Å². The van der Waals surface area contributed by atoms with Crippen molar-refractivity contribution in [1.82, 2.24) is 9.78 Å². The summed E-state index contributed by atoms with van der Waals surface area (Å²) in [5, 5.41) is 4.20. The minimum atomic E-state index is 0.0905. The molecule has 0 aliphatic heterocycles. The Balaban J connectivity index is 1.80. The molecule has 0 amide bonds. The van der Waals surface area contributed by atoms with Crippen LogP contribution in [0.5, 0.6) is 0 Å².